The minimum Gasteiger partial charge on any atom is -0.481 e. The lowest BCUT2D eigenvalue weighted by molar-refractivity contribution is -0.153. The van der Waals surface area contributed by atoms with E-state index >= 15 is 0 Å². The van der Waals surface area contributed by atoms with Crippen molar-refractivity contribution >= 4 is 5.91 Å². The fraction of sp³-hybridized carbons (Fsp3) is 0.381. The molecule has 0 saturated heterocycles. The van der Waals surface area contributed by atoms with E-state index in [1.807, 2.05) is 0 Å². The molecule has 30 heavy (non-hydrogen) atoms. The van der Waals surface area contributed by atoms with Crippen molar-refractivity contribution in [1.29, 1.82) is 0 Å². The third kappa shape index (κ3) is 5.08. The maximum absolute atomic E-state index is 14.7. The average Bonchev–Trinajstić information content (AvgIpc) is 3.40. The van der Waals surface area contributed by atoms with E-state index in [9.17, 15) is 31.9 Å². The molecule has 1 atom stereocenters. The second-order valence-electron chi connectivity index (χ2n) is 7.61. The molecule has 0 bridgehead atoms. The smallest absolute Gasteiger partial charge is 0.422 e. The van der Waals surface area contributed by atoms with Crippen molar-refractivity contribution in [2.24, 2.45) is 0 Å². The molecular weight excluding hydrogens is 409 g/mol. The average molecular weight is 429 g/mol. The molecule has 0 heterocycles. The van der Waals surface area contributed by atoms with Crippen molar-refractivity contribution in [1.82, 2.24) is 5.32 Å². The predicted molar refractivity (Wildman–Crippen MR) is 97.6 cm³/mol. The van der Waals surface area contributed by atoms with Gasteiger partial charge in [-0.2, -0.15) is 13.2 Å². The van der Waals surface area contributed by atoms with Crippen LogP contribution in [0.5, 0.6) is 5.75 Å². The Morgan fingerprint density at radius 2 is 1.77 bits per heavy atom. The Labute approximate surface area is 169 Å². The van der Waals surface area contributed by atoms with Gasteiger partial charge in [-0.15, -0.1) is 0 Å². The third-order valence-electron chi connectivity index (χ3n) is 4.97. The van der Waals surface area contributed by atoms with Crippen LogP contribution >= 0.6 is 0 Å². The number of hydrogen-bond donors (Lipinski definition) is 2. The van der Waals surface area contributed by atoms with Crippen LogP contribution in [0, 0.1) is 11.6 Å². The number of carbonyl (C=O) groups excluding carboxylic acids is 1. The van der Waals surface area contributed by atoms with Gasteiger partial charge in [0.1, 0.15) is 5.82 Å². The van der Waals surface area contributed by atoms with Gasteiger partial charge in [-0.05, 0) is 43.5 Å². The first-order chi connectivity index (χ1) is 13.9. The van der Waals surface area contributed by atoms with Crippen molar-refractivity contribution in [2.45, 2.75) is 43.5 Å². The summed E-state index contributed by atoms with van der Waals surface area (Å²) in [4.78, 5) is 12.5. The van der Waals surface area contributed by atoms with Crippen LogP contribution in [-0.4, -0.2) is 23.8 Å². The minimum atomic E-state index is -4.61. The first-order valence-electron chi connectivity index (χ1n) is 9.20. The van der Waals surface area contributed by atoms with Crippen LogP contribution in [0.15, 0.2) is 42.5 Å². The maximum atomic E-state index is 14.7. The molecule has 2 aromatic carbocycles. The van der Waals surface area contributed by atoms with E-state index in [1.165, 1.54) is 31.2 Å². The van der Waals surface area contributed by atoms with Crippen LogP contribution in [0.2, 0.25) is 0 Å². The van der Waals surface area contributed by atoms with Gasteiger partial charge >= 0.3 is 6.18 Å². The van der Waals surface area contributed by atoms with Gasteiger partial charge < -0.3 is 15.2 Å². The largest absolute Gasteiger partial charge is 0.481 e. The summed E-state index contributed by atoms with van der Waals surface area (Å²) in [6.07, 6.45) is -4.21. The van der Waals surface area contributed by atoms with Crippen LogP contribution in [0.4, 0.5) is 22.0 Å². The molecule has 2 aromatic rings. The molecule has 9 heteroatoms. The molecule has 162 valence electrons. The summed E-state index contributed by atoms with van der Waals surface area (Å²) in [5, 5.41) is 13.3. The fourth-order valence-corrected chi connectivity index (χ4v) is 3.27. The summed E-state index contributed by atoms with van der Waals surface area (Å²) in [6, 6.07) is 8.85. The zero-order valence-corrected chi connectivity index (χ0v) is 16.0. The molecule has 0 radical (unpaired) electrons. The highest BCUT2D eigenvalue weighted by atomic mass is 19.4. The molecular formula is C21H20F5NO3. The van der Waals surface area contributed by atoms with Crippen molar-refractivity contribution < 1.29 is 36.6 Å². The number of rotatable bonds is 7. The second-order valence-corrected chi connectivity index (χ2v) is 7.61. The molecule has 0 aromatic heterocycles. The van der Waals surface area contributed by atoms with Crippen LogP contribution in [0.3, 0.4) is 0 Å². The minimum absolute atomic E-state index is 0.0250. The highest BCUT2D eigenvalue weighted by Crippen LogP contribution is 2.48. The summed E-state index contributed by atoms with van der Waals surface area (Å²) < 4.78 is 69.4. The van der Waals surface area contributed by atoms with E-state index in [-0.39, 0.29) is 12.0 Å². The molecule has 1 amide bonds. The summed E-state index contributed by atoms with van der Waals surface area (Å²) in [5.41, 5.74) is -2.31. The Bertz CT molecular complexity index is 921. The molecule has 2 N–H and O–H groups in total. The molecule has 1 unspecified atom stereocenters. The highest BCUT2D eigenvalue weighted by molar-refractivity contribution is 5.79. The van der Waals surface area contributed by atoms with Crippen molar-refractivity contribution in [3.63, 3.8) is 0 Å². The van der Waals surface area contributed by atoms with Crippen LogP contribution in [0.25, 0.3) is 0 Å². The normalized spacial score (nSPS) is 17.2. The van der Waals surface area contributed by atoms with Gasteiger partial charge in [0, 0.05) is 5.56 Å². The van der Waals surface area contributed by atoms with Gasteiger partial charge in [0.2, 0.25) is 5.91 Å². The number of amides is 1. The van der Waals surface area contributed by atoms with Gasteiger partial charge in [-0.3, -0.25) is 4.79 Å². The first kappa shape index (κ1) is 22.0. The summed E-state index contributed by atoms with van der Waals surface area (Å²) in [5.74, 6) is -2.59. The summed E-state index contributed by atoms with van der Waals surface area (Å²) >= 11 is 0. The van der Waals surface area contributed by atoms with E-state index in [0.29, 0.717) is 18.4 Å². The van der Waals surface area contributed by atoms with Crippen LogP contribution in [0.1, 0.15) is 37.3 Å². The molecule has 4 nitrogen and oxygen atoms in total. The van der Waals surface area contributed by atoms with Gasteiger partial charge in [0.25, 0.3) is 0 Å². The lowest BCUT2D eigenvalue weighted by Crippen LogP contribution is -2.39. The van der Waals surface area contributed by atoms with Crippen LogP contribution < -0.4 is 10.1 Å². The number of ether oxygens (including phenoxy) is 1. The quantitative estimate of drug-likeness (QED) is 0.645. The Morgan fingerprint density at radius 3 is 2.33 bits per heavy atom. The van der Waals surface area contributed by atoms with E-state index < -0.39 is 47.2 Å². The van der Waals surface area contributed by atoms with Crippen molar-refractivity contribution in [2.75, 3.05) is 6.61 Å². The van der Waals surface area contributed by atoms with Crippen molar-refractivity contribution in [3.05, 3.63) is 65.2 Å². The standard InChI is InChI=1S/C21H20F5NO3/c1-19(29,13-5-7-14(22)8-6-13)11-17(28)27-20(9-10-20)15-3-2-4-16(18(15)23)30-12-21(24,25)26/h2-8,29H,9-12H2,1H3,(H,27,28). The van der Waals surface area contributed by atoms with Gasteiger partial charge in [0.05, 0.1) is 17.6 Å². The maximum Gasteiger partial charge on any atom is 0.422 e. The lowest BCUT2D eigenvalue weighted by atomic mass is 9.91. The number of benzene rings is 2. The molecule has 0 aliphatic heterocycles. The molecule has 3 rings (SSSR count). The summed E-state index contributed by atoms with van der Waals surface area (Å²) in [6.45, 7) is -0.237. The van der Waals surface area contributed by atoms with E-state index in [0.717, 1.165) is 18.2 Å². The highest BCUT2D eigenvalue weighted by Gasteiger charge is 2.48. The fourth-order valence-electron chi connectivity index (χ4n) is 3.27. The molecule has 1 saturated carbocycles. The number of aliphatic hydroxyl groups is 1. The monoisotopic (exact) mass is 429 g/mol. The molecule has 1 aliphatic rings. The Morgan fingerprint density at radius 1 is 1.13 bits per heavy atom. The lowest BCUT2D eigenvalue weighted by Gasteiger charge is -2.26. The van der Waals surface area contributed by atoms with E-state index in [4.69, 9.17) is 0 Å². The number of halogens is 5. The van der Waals surface area contributed by atoms with E-state index in [2.05, 4.69) is 10.1 Å². The zero-order chi connectivity index (χ0) is 22.2. The topological polar surface area (TPSA) is 58.6 Å². The molecule has 0 spiro atoms. The number of nitrogens with one attached hydrogen (secondary N) is 1. The van der Waals surface area contributed by atoms with Crippen molar-refractivity contribution in [3.8, 4) is 5.75 Å². The Balaban J connectivity index is 1.72. The first-order valence-corrected chi connectivity index (χ1v) is 9.20. The molecule has 1 aliphatic carbocycles. The van der Waals surface area contributed by atoms with Crippen LogP contribution in [-0.2, 0) is 15.9 Å². The van der Waals surface area contributed by atoms with Gasteiger partial charge in [0.15, 0.2) is 18.2 Å². The van der Waals surface area contributed by atoms with Gasteiger partial charge in [-0.1, -0.05) is 24.3 Å². The zero-order valence-electron chi connectivity index (χ0n) is 16.0. The third-order valence-corrected chi connectivity index (χ3v) is 4.97. The SMILES string of the molecule is CC(O)(CC(=O)NC1(c2cccc(OCC(F)(F)F)c2F)CC1)c1ccc(F)cc1. The second kappa shape index (κ2) is 7.86. The van der Waals surface area contributed by atoms with E-state index in [1.54, 1.807) is 0 Å². The summed E-state index contributed by atoms with van der Waals surface area (Å²) in [7, 11) is 0. The predicted octanol–water partition coefficient (Wildman–Crippen LogP) is 4.31. The molecule has 1 fully saturated rings. The number of carbonyl (C=O) groups is 1. The number of hydrogen-bond acceptors (Lipinski definition) is 3. The van der Waals surface area contributed by atoms with Gasteiger partial charge in [-0.25, -0.2) is 8.78 Å². The number of alkyl halides is 3. The Hall–Kier alpha value is -2.68. The Kier molecular flexibility index (Phi) is 5.77.